The van der Waals surface area contributed by atoms with Crippen molar-refractivity contribution in [1.29, 1.82) is 0 Å². The highest BCUT2D eigenvalue weighted by molar-refractivity contribution is 5.90. The monoisotopic (exact) mass is 551 g/mol. The van der Waals surface area contributed by atoms with Gasteiger partial charge in [0.2, 0.25) is 11.8 Å². The topological polar surface area (TPSA) is 81.7 Å². The lowest BCUT2D eigenvalue weighted by Gasteiger charge is -2.44. The van der Waals surface area contributed by atoms with Crippen LogP contribution in [0.3, 0.4) is 0 Å². The van der Waals surface area contributed by atoms with Crippen LogP contribution in [0.15, 0.2) is 24.4 Å². The predicted octanol–water partition coefficient (Wildman–Crippen LogP) is 3.99. The van der Waals surface area contributed by atoms with Crippen molar-refractivity contribution < 1.29 is 31.4 Å². The SMILES string of the molecule is COc1nc(N[C@@H]2CCN(C3COC3)CC2(F)F)nn2ccc(-c3cc(F)c4nc(C)n(CC(F)F)c4c3)c12. The molecule has 0 radical (unpaired) electrons. The summed E-state index contributed by atoms with van der Waals surface area (Å²) < 4.78 is 84.7. The summed E-state index contributed by atoms with van der Waals surface area (Å²) in [5.74, 6) is -3.38. The quantitative estimate of drug-likeness (QED) is 0.348. The Morgan fingerprint density at radius 1 is 1.23 bits per heavy atom. The van der Waals surface area contributed by atoms with Crippen LogP contribution in [-0.4, -0.2) is 86.9 Å². The highest BCUT2D eigenvalue weighted by Crippen LogP contribution is 2.36. The van der Waals surface area contributed by atoms with Gasteiger partial charge in [-0.3, -0.25) is 4.90 Å². The maximum atomic E-state index is 15.0. The Morgan fingerprint density at radius 2 is 2.03 bits per heavy atom. The van der Waals surface area contributed by atoms with E-state index in [-0.39, 0.29) is 47.7 Å². The first-order valence-corrected chi connectivity index (χ1v) is 12.5. The number of rotatable bonds is 7. The summed E-state index contributed by atoms with van der Waals surface area (Å²) in [6.07, 6.45) is -0.884. The molecule has 9 nitrogen and oxygen atoms in total. The number of imidazole rings is 1. The maximum absolute atomic E-state index is 15.0. The molecule has 0 unspecified atom stereocenters. The lowest BCUT2D eigenvalue weighted by Crippen LogP contribution is -2.61. The number of nitrogens with zero attached hydrogens (tertiary/aromatic N) is 6. The highest BCUT2D eigenvalue weighted by Gasteiger charge is 2.47. The summed E-state index contributed by atoms with van der Waals surface area (Å²) >= 11 is 0. The molecule has 1 aromatic carbocycles. The first-order valence-electron chi connectivity index (χ1n) is 12.5. The number of benzene rings is 1. The summed E-state index contributed by atoms with van der Waals surface area (Å²) in [7, 11) is 1.38. The maximum Gasteiger partial charge on any atom is 0.280 e. The van der Waals surface area contributed by atoms with Crippen molar-refractivity contribution in [2.24, 2.45) is 0 Å². The molecule has 4 aromatic rings. The van der Waals surface area contributed by atoms with Crippen LogP contribution < -0.4 is 10.1 Å². The number of ether oxygens (including phenoxy) is 2. The molecule has 208 valence electrons. The minimum absolute atomic E-state index is 0.00748. The average Bonchev–Trinajstić information content (AvgIpc) is 3.40. The van der Waals surface area contributed by atoms with Crippen LogP contribution in [0.1, 0.15) is 12.2 Å². The number of hydrogen-bond acceptors (Lipinski definition) is 7. The van der Waals surface area contributed by atoms with E-state index < -0.39 is 30.8 Å². The fourth-order valence-corrected chi connectivity index (χ4v) is 5.30. The Hall–Kier alpha value is -3.52. The predicted molar refractivity (Wildman–Crippen MR) is 132 cm³/mol. The number of aryl methyl sites for hydroxylation is 1. The fourth-order valence-electron chi connectivity index (χ4n) is 5.30. The molecule has 6 rings (SSSR count). The van der Waals surface area contributed by atoms with E-state index in [1.54, 1.807) is 23.2 Å². The molecule has 2 fully saturated rings. The van der Waals surface area contributed by atoms with E-state index in [1.165, 1.54) is 29.2 Å². The van der Waals surface area contributed by atoms with Gasteiger partial charge < -0.3 is 19.4 Å². The van der Waals surface area contributed by atoms with Gasteiger partial charge in [-0.15, -0.1) is 5.10 Å². The standard InChI is InChI=1S/C25H26F5N7O2/c1-13-31-21-17(26)7-14(8-18(21)36(13)9-20(27)28)16-3-6-37-22(16)23(38-2)33-24(34-37)32-19-4-5-35(12-25(19,29)30)15-10-39-11-15/h3,6-8,15,19-20H,4-5,9-12H2,1-2H3,(H,32,34)/t19-/m1/s1. The van der Waals surface area contributed by atoms with E-state index in [1.807, 2.05) is 0 Å². The van der Waals surface area contributed by atoms with Gasteiger partial charge in [0.05, 0.1) is 51.0 Å². The molecule has 3 aromatic heterocycles. The van der Waals surface area contributed by atoms with E-state index in [4.69, 9.17) is 9.47 Å². The normalized spacial score (nSPS) is 20.2. The molecule has 39 heavy (non-hydrogen) atoms. The molecule has 0 aliphatic carbocycles. The molecule has 2 saturated heterocycles. The zero-order chi connectivity index (χ0) is 27.5. The van der Waals surface area contributed by atoms with Gasteiger partial charge in [-0.05, 0) is 37.1 Å². The Kier molecular flexibility index (Phi) is 6.33. The van der Waals surface area contributed by atoms with Gasteiger partial charge in [-0.1, -0.05) is 0 Å². The molecular formula is C25H26F5N7O2. The molecule has 2 aliphatic heterocycles. The Bertz CT molecular complexity index is 1530. The lowest BCUT2D eigenvalue weighted by atomic mass is 9.98. The molecule has 2 aliphatic rings. The van der Waals surface area contributed by atoms with Crippen LogP contribution in [0, 0.1) is 12.7 Å². The lowest BCUT2D eigenvalue weighted by molar-refractivity contribution is -0.131. The molecule has 5 heterocycles. The molecule has 0 spiro atoms. The minimum Gasteiger partial charge on any atom is -0.479 e. The minimum atomic E-state index is -3.02. The van der Waals surface area contributed by atoms with Crippen LogP contribution in [-0.2, 0) is 11.3 Å². The van der Waals surface area contributed by atoms with Gasteiger partial charge in [-0.2, -0.15) is 4.98 Å². The van der Waals surface area contributed by atoms with Crippen molar-refractivity contribution in [2.75, 3.05) is 38.7 Å². The van der Waals surface area contributed by atoms with Crippen molar-refractivity contribution in [2.45, 2.75) is 44.3 Å². The fraction of sp³-hybridized carbons (Fsp3) is 0.480. The zero-order valence-electron chi connectivity index (χ0n) is 21.2. The Morgan fingerprint density at radius 3 is 2.69 bits per heavy atom. The summed E-state index contributed by atoms with van der Waals surface area (Å²) in [6, 6.07) is 3.31. The second-order valence-electron chi connectivity index (χ2n) is 9.86. The Balaban J connectivity index is 1.33. The summed E-state index contributed by atoms with van der Waals surface area (Å²) in [4.78, 5) is 10.2. The number of halogens is 5. The van der Waals surface area contributed by atoms with E-state index in [2.05, 4.69) is 20.4 Å². The van der Waals surface area contributed by atoms with Crippen molar-refractivity contribution in [1.82, 2.24) is 29.0 Å². The van der Waals surface area contributed by atoms with Gasteiger partial charge in [0.25, 0.3) is 12.3 Å². The number of alkyl halides is 4. The highest BCUT2D eigenvalue weighted by atomic mass is 19.3. The number of piperidine rings is 1. The van der Waals surface area contributed by atoms with Gasteiger partial charge in [-0.25, -0.2) is 31.5 Å². The number of likely N-dealkylation sites (tertiary alicyclic amines) is 1. The van der Waals surface area contributed by atoms with Gasteiger partial charge >= 0.3 is 0 Å². The molecule has 14 heteroatoms. The number of methoxy groups -OCH3 is 1. The first-order chi connectivity index (χ1) is 18.6. The van der Waals surface area contributed by atoms with Crippen LogP contribution in [0.4, 0.5) is 27.9 Å². The molecule has 1 N–H and O–H groups in total. The summed E-state index contributed by atoms with van der Waals surface area (Å²) in [5, 5.41) is 7.12. The third kappa shape index (κ3) is 4.54. The van der Waals surface area contributed by atoms with E-state index in [9.17, 15) is 17.6 Å². The Labute approximate surface area is 219 Å². The van der Waals surface area contributed by atoms with Gasteiger partial charge in [0, 0.05) is 18.3 Å². The first kappa shape index (κ1) is 25.7. The van der Waals surface area contributed by atoms with E-state index in [0.717, 1.165) is 0 Å². The number of hydrogen-bond donors (Lipinski definition) is 1. The largest absolute Gasteiger partial charge is 0.479 e. The van der Waals surface area contributed by atoms with Crippen LogP contribution in [0.5, 0.6) is 5.88 Å². The number of anilines is 1. The number of aromatic nitrogens is 5. The molecule has 1 atom stereocenters. The van der Waals surface area contributed by atoms with Crippen LogP contribution in [0.25, 0.3) is 27.7 Å². The molecule has 0 amide bonds. The smallest absolute Gasteiger partial charge is 0.280 e. The number of fused-ring (bicyclic) bond motifs is 2. The van der Waals surface area contributed by atoms with Crippen molar-refractivity contribution >= 4 is 22.5 Å². The van der Waals surface area contributed by atoms with Gasteiger partial charge in [0.1, 0.15) is 16.9 Å². The van der Waals surface area contributed by atoms with Crippen molar-refractivity contribution in [3.05, 3.63) is 36.0 Å². The summed E-state index contributed by atoms with van der Waals surface area (Å²) in [6.45, 7) is 1.95. The molecule has 0 saturated carbocycles. The zero-order valence-corrected chi connectivity index (χ0v) is 21.2. The van der Waals surface area contributed by atoms with Crippen LogP contribution in [0.2, 0.25) is 0 Å². The van der Waals surface area contributed by atoms with E-state index in [0.29, 0.717) is 36.4 Å². The second kappa shape index (κ2) is 9.59. The third-order valence-electron chi connectivity index (χ3n) is 7.37. The second-order valence-corrected chi connectivity index (χ2v) is 9.86. The number of nitrogens with one attached hydrogen (secondary N) is 1. The van der Waals surface area contributed by atoms with Gasteiger partial charge in [0.15, 0.2) is 5.82 Å². The molecule has 0 bridgehead atoms. The van der Waals surface area contributed by atoms with Crippen LogP contribution >= 0.6 is 0 Å². The summed E-state index contributed by atoms with van der Waals surface area (Å²) in [5.41, 5.74) is 1.43. The van der Waals surface area contributed by atoms with E-state index >= 15 is 4.39 Å². The average molecular weight is 552 g/mol. The third-order valence-corrected chi connectivity index (χ3v) is 7.37. The van der Waals surface area contributed by atoms with Crippen molar-refractivity contribution in [3.63, 3.8) is 0 Å². The molecular weight excluding hydrogens is 525 g/mol. The van der Waals surface area contributed by atoms with Crippen molar-refractivity contribution in [3.8, 4) is 17.0 Å².